The minimum absolute atomic E-state index is 0.417. The van der Waals surface area contributed by atoms with Crippen molar-refractivity contribution < 1.29 is 9.31 Å². The van der Waals surface area contributed by atoms with Crippen LogP contribution in [-0.4, -0.2) is 27.9 Å². The van der Waals surface area contributed by atoms with E-state index < -0.39 is 18.3 Å². The number of benzene rings is 4. The van der Waals surface area contributed by atoms with Gasteiger partial charge in [-0.2, -0.15) is 0 Å². The zero-order valence-electron chi connectivity index (χ0n) is 30.3. The summed E-state index contributed by atoms with van der Waals surface area (Å²) in [5, 5.41) is 3.63. The first kappa shape index (κ1) is 32.9. The Hall–Kier alpha value is -5.23. The van der Waals surface area contributed by atoms with E-state index in [2.05, 4.69) is 174 Å². The molecule has 2 aliphatic rings. The van der Waals surface area contributed by atoms with Gasteiger partial charge in [-0.1, -0.05) is 97.1 Å². The first-order valence-corrected chi connectivity index (χ1v) is 17.9. The molecule has 6 aromatic rings. The van der Waals surface area contributed by atoms with Crippen LogP contribution in [-0.2, 0) is 9.31 Å². The third kappa shape index (κ3) is 5.81. The monoisotopic (exact) mass is 666 g/mol. The Morgan fingerprint density at radius 1 is 0.745 bits per heavy atom. The molecule has 1 aliphatic heterocycles. The summed E-state index contributed by atoms with van der Waals surface area (Å²) in [5.74, 6) is 0. The third-order valence-corrected chi connectivity index (χ3v) is 10.9. The number of fused-ring (bicyclic) bond motifs is 3. The van der Waals surface area contributed by atoms with Crippen LogP contribution in [0.25, 0.3) is 39.9 Å². The Labute approximate surface area is 301 Å². The van der Waals surface area contributed by atoms with Crippen molar-refractivity contribution >= 4 is 46.9 Å². The summed E-state index contributed by atoms with van der Waals surface area (Å²) < 4.78 is 15.0. The van der Waals surface area contributed by atoms with Crippen molar-refractivity contribution in [1.82, 2.24) is 9.55 Å². The molecule has 0 N–H and O–H groups in total. The van der Waals surface area contributed by atoms with Gasteiger partial charge in [-0.15, -0.1) is 0 Å². The number of rotatable bonds is 5. The fraction of sp³-hybridized carbons (Fsp3) is 0.196. The highest BCUT2D eigenvalue weighted by Gasteiger charge is 2.52. The van der Waals surface area contributed by atoms with E-state index in [-0.39, 0.29) is 0 Å². The lowest BCUT2D eigenvalue weighted by molar-refractivity contribution is 0.00578. The molecule has 0 saturated carbocycles. The molecule has 0 bridgehead atoms. The second kappa shape index (κ2) is 12.8. The van der Waals surface area contributed by atoms with Crippen molar-refractivity contribution in [2.45, 2.75) is 59.2 Å². The Bertz CT molecular complexity index is 2450. The number of aromatic nitrogens is 2. The fourth-order valence-corrected chi connectivity index (χ4v) is 7.42. The van der Waals surface area contributed by atoms with E-state index in [1.165, 1.54) is 54.9 Å². The predicted octanol–water partition coefficient (Wildman–Crippen LogP) is 8.55. The number of allylic oxidation sites excluding steroid dienone is 2. The topological polar surface area (TPSA) is 36.3 Å². The number of pyridine rings is 1. The Morgan fingerprint density at radius 3 is 2.14 bits per heavy atom. The molecule has 0 amide bonds. The molecule has 1 saturated heterocycles. The summed E-state index contributed by atoms with van der Waals surface area (Å²) in [6.45, 7) is 12.7. The van der Waals surface area contributed by atoms with E-state index in [1.807, 2.05) is 12.3 Å². The van der Waals surface area contributed by atoms with Gasteiger partial charge in [0.2, 0.25) is 0 Å². The number of aryl methyl sites for hydroxylation is 1. The zero-order chi connectivity index (χ0) is 35.3. The molecule has 0 radical (unpaired) electrons. The van der Waals surface area contributed by atoms with Crippen molar-refractivity contribution in [3.05, 3.63) is 171 Å². The minimum atomic E-state index is -0.495. The molecule has 252 valence electrons. The summed E-state index contributed by atoms with van der Waals surface area (Å²) in [6, 6.07) is 41.2. The van der Waals surface area contributed by atoms with Gasteiger partial charge in [0.05, 0.1) is 28.0 Å². The smallest absolute Gasteiger partial charge is 0.398 e. The largest absolute Gasteiger partial charge is 0.514 e. The van der Waals surface area contributed by atoms with Crippen LogP contribution in [0.3, 0.4) is 0 Å². The third-order valence-electron chi connectivity index (χ3n) is 10.9. The van der Waals surface area contributed by atoms with Crippen molar-refractivity contribution in [2.75, 3.05) is 0 Å². The van der Waals surface area contributed by atoms with E-state index >= 15 is 0 Å². The van der Waals surface area contributed by atoms with Gasteiger partial charge in [-0.3, -0.25) is 4.98 Å². The fourth-order valence-electron chi connectivity index (χ4n) is 7.42. The summed E-state index contributed by atoms with van der Waals surface area (Å²) >= 11 is 0. The molecular formula is C46H43BN2O2. The molecular weight excluding hydrogens is 623 g/mol. The molecule has 3 heterocycles. The number of hydrogen-bond donors (Lipinski definition) is 0. The van der Waals surface area contributed by atoms with Gasteiger partial charge >= 0.3 is 7.12 Å². The normalized spacial score (nSPS) is 17.5. The van der Waals surface area contributed by atoms with E-state index in [0.717, 1.165) is 28.8 Å². The second-order valence-corrected chi connectivity index (χ2v) is 14.7. The Kier molecular flexibility index (Phi) is 8.29. The highest BCUT2D eigenvalue weighted by molar-refractivity contribution is 6.61. The molecule has 0 atom stereocenters. The van der Waals surface area contributed by atoms with Gasteiger partial charge in [0.1, 0.15) is 0 Å². The van der Waals surface area contributed by atoms with Gasteiger partial charge in [-0.25, -0.2) is 0 Å². The van der Waals surface area contributed by atoms with Crippen LogP contribution in [0, 0.1) is 6.92 Å². The molecule has 8 rings (SSSR count). The van der Waals surface area contributed by atoms with Crippen LogP contribution in [0.4, 0.5) is 0 Å². The maximum atomic E-state index is 6.29. The van der Waals surface area contributed by atoms with Gasteiger partial charge in [-0.05, 0) is 128 Å². The average molecular weight is 667 g/mol. The molecule has 1 fully saturated rings. The maximum Gasteiger partial charge on any atom is 0.514 e. The van der Waals surface area contributed by atoms with Gasteiger partial charge < -0.3 is 13.9 Å². The van der Waals surface area contributed by atoms with Crippen molar-refractivity contribution in [3.63, 3.8) is 0 Å². The quantitative estimate of drug-likeness (QED) is 0.173. The van der Waals surface area contributed by atoms with Crippen molar-refractivity contribution in [1.29, 1.82) is 0 Å². The van der Waals surface area contributed by atoms with E-state index in [9.17, 15) is 0 Å². The number of para-hydroxylation sites is 2. The van der Waals surface area contributed by atoms with Gasteiger partial charge in [0, 0.05) is 22.8 Å². The SMILES string of the molecule is C/C(c1ccc(B2OC(C)(C)C(C)(C)O2)nc1)=c1/cccc/c1=C(\C1=Cc2c(n(-c3ccccc3)c3ccccc23)C=CC1)c1ccccc1C. The first-order valence-electron chi connectivity index (χ1n) is 17.9. The minimum Gasteiger partial charge on any atom is -0.398 e. The summed E-state index contributed by atoms with van der Waals surface area (Å²) in [4.78, 5) is 4.87. The van der Waals surface area contributed by atoms with Crippen molar-refractivity contribution in [2.24, 2.45) is 0 Å². The molecule has 0 unspecified atom stereocenters. The molecule has 5 heteroatoms. The van der Waals surface area contributed by atoms with E-state index in [4.69, 9.17) is 14.3 Å². The van der Waals surface area contributed by atoms with E-state index in [0.29, 0.717) is 0 Å². The summed E-state index contributed by atoms with van der Waals surface area (Å²) in [7, 11) is -0.495. The van der Waals surface area contributed by atoms with Crippen LogP contribution >= 0.6 is 0 Å². The molecule has 1 aliphatic carbocycles. The van der Waals surface area contributed by atoms with Crippen LogP contribution in [0.5, 0.6) is 0 Å². The second-order valence-electron chi connectivity index (χ2n) is 14.7. The summed E-state index contributed by atoms with van der Waals surface area (Å²) in [5.41, 5.74) is 12.0. The van der Waals surface area contributed by atoms with Gasteiger partial charge in [0.15, 0.2) is 0 Å². The lowest BCUT2D eigenvalue weighted by atomic mass is 9.83. The van der Waals surface area contributed by atoms with Gasteiger partial charge in [0.25, 0.3) is 0 Å². The number of nitrogens with zero attached hydrogens (tertiary/aromatic N) is 2. The van der Waals surface area contributed by atoms with Crippen LogP contribution in [0.1, 0.15) is 69.0 Å². The lowest BCUT2D eigenvalue weighted by Crippen LogP contribution is -2.41. The maximum absolute atomic E-state index is 6.29. The Morgan fingerprint density at radius 2 is 1.41 bits per heavy atom. The lowest BCUT2D eigenvalue weighted by Gasteiger charge is -2.32. The molecule has 2 aromatic heterocycles. The van der Waals surface area contributed by atoms with Crippen molar-refractivity contribution in [3.8, 4) is 5.69 Å². The Balaban J connectivity index is 1.34. The zero-order valence-corrected chi connectivity index (χ0v) is 30.3. The van der Waals surface area contributed by atoms with Crippen LogP contribution < -0.4 is 16.0 Å². The van der Waals surface area contributed by atoms with Crippen LogP contribution in [0.15, 0.2) is 133 Å². The molecule has 4 aromatic carbocycles. The summed E-state index contributed by atoms with van der Waals surface area (Å²) in [6.07, 6.45) is 9.83. The molecule has 0 spiro atoms. The average Bonchev–Trinajstić information content (AvgIpc) is 3.45. The van der Waals surface area contributed by atoms with Crippen LogP contribution in [0.2, 0.25) is 0 Å². The highest BCUT2D eigenvalue weighted by atomic mass is 16.7. The molecule has 4 nitrogen and oxygen atoms in total. The molecule has 51 heavy (non-hydrogen) atoms. The highest BCUT2D eigenvalue weighted by Crippen LogP contribution is 2.38. The van der Waals surface area contributed by atoms with E-state index in [1.54, 1.807) is 0 Å². The standard InChI is InChI=1S/C46H43BN2O2/c1-31-17-10-11-21-36(31)44(33-18-16-26-42-40(29-33)38-23-14-15-25-41(38)49(42)35-19-8-7-9-20-35)39-24-13-12-22-37(39)32(2)34-27-28-43(48-30-34)47-50-45(3,4)46(5,6)51-47/h7-17,19-30H,18H2,1-6H3/b37-32+,44-39-. The first-order chi connectivity index (χ1) is 24.6. The number of hydrogen-bond acceptors (Lipinski definition) is 3. The predicted molar refractivity (Wildman–Crippen MR) is 212 cm³/mol.